The quantitative estimate of drug-likeness (QED) is 0.698. The van der Waals surface area contributed by atoms with Crippen LogP contribution in [0.4, 0.5) is 8.78 Å². The highest BCUT2D eigenvalue weighted by atomic mass is 19.1. The molecule has 4 rings (SSSR count). The van der Waals surface area contributed by atoms with Crippen LogP contribution in [0, 0.1) is 11.6 Å². The molecule has 0 radical (unpaired) electrons. The van der Waals surface area contributed by atoms with Gasteiger partial charge in [-0.1, -0.05) is 42.5 Å². The van der Waals surface area contributed by atoms with Crippen LogP contribution < -0.4 is 5.32 Å². The summed E-state index contributed by atoms with van der Waals surface area (Å²) in [5.74, 6) is -0.651. The molecule has 1 fully saturated rings. The SMILES string of the molecule is CN(Cc1ccc(F)c2ccccc12)C(=O)C(c1ccc(F)cc1)N1CCNCC1. The van der Waals surface area contributed by atoms with Gasteiger partial charge in [-0.3, -0.25) is 9.69 Å². The lowest BCUT2D eigenvalue weighted by atomic mass is 10.0. The van der Waals surface area contributed by atoms with Gasteiger partial charge in [-0.05, 0) is 34.7 Å². The van der Waals surface area contributed by atoms with E-state index in [1.165, 1.54) is 18.2 Å². The lowest BCUT2D eigenvalue weighted by molar-refractivity contribution is -0.136. The Bertz CT molecular complexity index is 1030. The van der Waals surface area contributed by atoms with Gasteiger partial charge < -0.3 is 10.2 Å². The zero-order chi connectivity index (χ0) is 21.1. The van der Waals surface area contributed by atoms with E-state index in [1.54, 1.807) is 42.3 Å². The standard InChI is InChI=1S/C24H25F2N3O/c1-28(16-18-8-11-22(26)21-5-3-2-4-20(18)21)24(30)23(29-14-12-27-13-15-29)17-6-9-19(25)10-7-17/h2-11,23,27H,12-16H2,1H3. The number of amides is 1. The molecule has 1 unspecified atom stereocenters. The molecule has 3 aromatic carbocycles. The number of carbonyl (C=O) groups is 1. The van der Waals surface area contributed by atoms with E-state index in [9.17, 15) is 13.6 Å². The second kappa shape index (κ2) is 8.90. The lowest BCUT2D eigenvalue weighted by Gasteiger charge is -2.36. The van der Waals surface area contributed by atoms with Crippen molar-refractivity contribution in [1.29, 1.82) is 0 Å². The monoisotopic (exact) mass is 409 g/mol. The van der Waals surface area contributed by atoms with Crippen LogP contribution in [0.2, 0.25) is 0 Å². The Morgan fingerprint density at radius 2 is 1.67 bits per heavy atom. The highest BCUT2D eigenvalue weighted by molar-refractivity contribution is 5.87. The van der Waals surface area contributed by atoms with Crippen LogP contribution >= 0.6 is 0 Å². The maximum atomic E-state index is 14.2. The number of nitrogens with zero attached hydrogens (tertiary/aromatic N) is 2. The van der Waals surface area contributed by atoms with E-state index in [2.05, 4.69) is 10.2 Å². The first-order valence-electron chi connectivity index (χ1n) is 10.2. The molecule has 1 atom stereocenters. The van der Waals surface area contributed by atoms with Gasteiger partial charge in [0.1, 0.15) is 17.7 Å². The Labute approximate surface area is 175 Å². The number of benzene rings is 3. The minimum atomic E-state index is -0.482. The van der Waals surface area contributed by atoms with Gasteiger partial charge in [0.25, 0.3) is 0 Å². The van der Waals surface area contributed by atoms with Gasteiger partial charge in [0, 0.05) is 45.2 Å². The summed E-state index contributed by atoms with van der Waals surface area (Å²) in [6, 6.07) is 16.2. The molecule has 156 valence electrons. The first kappa shape index (κ1) is 20.4. The van der Waals surface area contributed by atoms with Gasteiger partial charge in [0.05, 0.1) is 0 Å². The normalized spacial score (nSPS) is 15.8. The van der Waals surface area contributed by atoms with E-state index in [-0.39, 0.29) is 17.5 Å². The predicted molar refractivity (Wildman–Crippen MR) is 114 cm³/mol. The van der Waals surface area contributed by atoms with Crippen molar-refractivity contribution >= 4 is 16.7 Å². The number of rotatable bonds is 5. The van der Waals surface area contributed by atoms with Gasteiger partial charge in [-0.15, -0.1) is 0 Å². The fraction of sp³-hybridized carbons (Fsp3) is 0.292. The molecule has 4 nitrogen and oxygen atoms in total. The number of piperazine rings is 1. The third kappa shape index (κ3) is 4.20. The molecule has 0 aromatic heterocycles. The molecular weight excluding hydrogens is 384 g/mol. The van der Waals surface area contributed by atoms with Crippen molar-refractivity contribution in [2.45, 2.75) is 12.6 Å². The maximum absolute atomic E-state index is 14.2. The van der Waals surface area contributed by atoms with E-state index < -0.39 is 6.04 Å². The summed E-state index contributed by atoms with van der Waals surface area (Å²) in [6.45, 7) is 3.44. The van der Waals surface area contributed by atoms with Crippen LogP contribution in [0.5, 0.6) is 0 Å². The third-order valence-corrected chi connectivity index (χ3v) is 5.68. The summed E-state index contributed by atoms with van der Waals surface area (Å²) < 4.78 is 27.6. The maximum Gasteiger partial charge on any atom is 0.244 e. The van der Waals surface area contributed by atoms with Crippen molar-refractivity contribution in [3.8, 4) is 0 Å². The summed E-state index contributed by atoms with van der Waals surface area (Å²) in [5, 5.41) is 4.65. The minimum absolute atomic E-state index is 0.0584. The number of likely N-dealkylation sites (N-methyl/N-ethyl adjacent to an activating group) is 1. The van der Waals surface area contributed by atoms with Crippen molar-refractivity contribution in [2.75, 3.05) is 33.2 Å². The molecule has 3 aromatic rings. The number of fused-ring (bicyclic) bond motifs is 1. The number of nitrogens with one attached hydrogen (secondary N) is 1. The second-order valence-electron chi connectivity index (χ2n) is 7.69. The van der Waals surface area contributed by atoms with Gasteiger partial charge in [-0.2, -0.15) is 0 Å². The number of halogens is 2. The molecule has 6 heteroatoms. The summed E-state index contributed by atoms with van der Waals surface area (Å²) in [6.07, 6.45) is 0. The largest absolute Gasteiger partial charge is 0.340 e. The molecule has 0 aliphatic carbocycles. The molecule has 1 amide bonds. The fourth-order valence-electron chi connectivity index (χ4n) is 4.10. The van der Waals surface area contributed by atoms with Crippen LogP contribution in [0.25, 0.3) is 10.8 Å². The Hall–Kier alpha value is -2.83. The Kier molecular flexibility index (Phi) is 6.06. The van der Waals surface area contributed by atoms with Crippen LogP contribution in [-0.4, -0.2) is 48.9 Å². The molecule has 0 bridgehead atoms. The minimum Gasteiger partial charge on any atom is -0.340 e. The summed E-state index contributed by atoms with van der Waals surface area (Å²) in [5.41, 5.74) is 1.67. The van der Waals surface area contributed by atoms with E-state index in [0.29, 0.717) is 11.9 Å². The van der Waals surface area contributed by atoms with E-state index >= 15 is 0 Å². The number of carbonyl (C=O) groups excluding carboxylic acids is 1. The van der Waals surface area contributed by atoms with Crippen LogP contribution in [0.3, 0.4) is 0 Å². The first-order valence-corrected chi connectivity index (χ1v) is 10.2. The summed E-state index contributed by atoms with van der Waals surface area (Å²) in [7, 11) is 1.76. The molecule has 1 saturated heterocycles. The Balaban J connectivity index is 1.63. The predicted octanol–water partition coefficient (Wildman–Crippen LogP) is 3.72. The second-order valence-corrected chi connectivity index (χ2v) is 7.69. The molecule has 30 heavy (non-hydrogen) atoms. The van der Waals surface area contributed by atoms with E-state index in [1.807, 2.05) is 12.1 Å². The van der Waals surface area contributed by atoms with E-state index in [0.717, 1.165) is 42.7 Å². The van der Waals surface area contributed by atoms with Crippen molar-refractivity contribution in [1.82, 2.24) is 15.1 Å². The van der Waals surface area contributed by atoms with Crippen molar-refractivity contribution in [3.63, 3.8) is 0 Å². The summed E-state index contributed by atoms with van der Waals surface area (Å²) in [4.78, 5) is 17.3. The average Bonchev–Trinajstić information content (AvgIpc) is 2.78. The van der Waals surface area contributed by atoms with Gasteiger partial charge in [0.15, 0.2) is 0 Å². The zero-order valence-corrected chi connectivity index (χ0v) is 16.9. The van der Waals surface area contributed by atoms with Gasteiger partial charge >= 0.3 is 0 Å². The van der Waals surface area contributed by atoms with Crippen molar-refractivity contribution in [3.05, 3.63) is 83.4 Å². The van der Waals surface area contributed by atoms with Crippen LogP contribution in [0.1, 0.15) is 17.2 Å². The highest BCUT2D eigenvalue weighted by Gasteiger charge is 2.31. The fourth-order valence-corrected chi connectivity index (χ4v) is 4.10. The summed E-state index contributed by atoms with van der Waals surface area (Å²) >= 11 is 0. The molecule has 1 N–H and O–H groups in total. The van der Waals surface area contributed by atoms with Crippen LogP contribution in [-0.2, 0) is 11.3 Å². The lowest BCUT2D eigenvalue weighted by Crippen LogP contribution is -2.49. The number of hydrogen-bond donors (Lipinski definition) is 1. The molecule has 0 spiro atoms. The van der Waals surface area contributed by atoms with E-state index in [4.69, 9.17) is 0 Å². The Morgan fingerprint density at radius 1 is 1.00 bits per heavy atom. The zero-order valence-electron chi connectivity index (χ0n) is 16.9. The molecule has 1 aliphatic heterocycles. The van der Waals surface area contributed by atoms with Gasteiger partial charge in [0.2, 0.25) is 5.91 Å². The third-order valence-electron chi connectivity index (χ3n) is 5.68. The average molecular weight is 409 g/mol. The molecular formula is C24H25F2N3O. The van der Waals surface area contributed by atoms with Crippen LogP contribution in [0.15, 0.2) is 60.7 Å². The smallest absolute Gasteiger partial charge is 0.244 e. The number of hydrogen-bond acceptors (Lipinski definition) is 3. The van der Waals surface area contributed by atoms with Crippen molar-refractivity contribution < 1.29 is 13.6 Å². The molecule has 1 aliphatic rings. The first-order chi connectivity index (χ1) is 14.5. The molecule has 1 heterocycles. The topological polar surface area (TPSA) is 35.6 Å². The van der Waals surface area contributed by atoms with Gasteiger partial charge in [-0.25, -0.2) is 8.78 Å². The highest BCUT2D eigenvalue weighted by Crippen LogP contribution is 2.27. The molecule has 0 saturated carbocycles. The van der Waals surface area contributed by atoms with Crippen molar-refractivity contribution in [2.24, 2.45) is 0 Å². The Morgan fingerprint density at radius 3 is 2.37 bits per heavy atom.